The van der Waals surface area contributed by atoms with Crippen molar-refractivity contribution in [2.45, 2.75) is 70.0 Å². The first-order valence-electron chi connectivity index (χ1n) is 11.4. The molecule has 5 rings (SSSR count). The maximum atomic E-state index is 12.4. The number of amides is 1. The van der Waals surface area contributed by atoms with Crippen molar-refractivity contribution in [3.05, 3.63) is 59.7 Å². The second-order valence-corrected chi connectivity index (χ2v) is 8.74. The molecule has 0 aliphatic heterocycles. The summed E-state index contributed by atoms with van der Waals surface area (Å²) in [5.74, 6) is 0.996. The fourth-order valence-electron chi connectivity index (χ4n) is 5.00. The van der Waals surface area contributed by atoms with Gasteiger partial charge in [0.25, 0.3) is 5.91 Å². The Hall–Kier alpha value is -2.82. The Morgan fingerprint density at radius 3 is 2.40 bits per heavy atom. The lowest BCUT2D eigenvalue weighted by Gasteiger charge is -2.17. The maximum absolute atomic E-state index is 12.4. The van der Waals surface area contributed by atoms with Gasteiger partial charge in [0.1, 0.15) is 0 Å². The monoisotopic (exact) mass is 402 g/mol. The van der Waals surface area contributed by atoms with Crippen LogP contribution >= 0.6 is 0 Å². The Balaban J connectivity index is 1.28. The molecule has 5 heteroatoms. The molecule has 1 aromatic heterocycles. The first-order chi connectivity index (χ1) is 14.8. The average molecular weight is 403 g/mol. The highest BCUT2D eigenvalue weighted by atomic mass is 16.1. The third-order valence-corrected chi connectivity index (χ3v) is 6.64. The number of aromatic nitrogens is 2. The number of carbonyl (C=O) groups is 1. The van der Waals surface area contributed by atoms with Gasteiger partial charge in [0, 0.05) is 24.2 Å². The molecule has 0 saturated heterocycles. The summed E-state index contributed by atoms with van der Waals surface area (Å²) in [5.41, 5.74) is 4.15. The van der Waals surface area contributed by atoms with Crippen molar-refractivity contribution >= 4 is 22.9 Å². The highest BCUT2D eigenvalue weighted by Gasteiger charge is 2.22. The van der Waals surface area contributed by atoms with Gasteiger partial charge in [0.05, 0.1) is 11.0 Å². The first kappa shape index (κ1) is 19.2. The fourth-order valence-corrected chi connectivity index (χ4v) is 5.00. The second kappa shape index (κ2) is 8.50. The molecule has 1 amide bonds. The number of imidazole rings is 1. The van der Waals surface area contributed by atoms with Gasteiger partial charge < -0.3 is 15.2 Å². The van der Waals surface area contributed by atoms with Crippen LogP contribution in [0.25, 0.3) is 11.0 Å². The minimum absolute atomic E-state index is 0.0458. The van der Waals surface area contributed by atoms with Crippen LogP contribution in [0.3, 0.4) is 0 Å². The molecule has 30 heavy (non-hydrogen) atoms. The van der Waals surface area contributed by atoms with Crippen LogP contribution < -0.4 is 10.6 Å². The first-order valence-corrected chi connectivity index (χ1v) is 11.4. The van der Waals surface area contributed by atoms with Crippen molar-refractivity contribution < 1.29 is 4.79 Å². The minimum atomic E-state index is 0.0458. The van der Waals surface area contributed by atoms with E-state index in [9.17, 15) is 4.79 Å². The van der Waals surface area contributed by atoms with Crippen LogP contribution in [0.1, 0.15) is 73.3 Å². The van der Waals surface area contributed by atoms with Crippen molar-refractivity contribution in [3.8, 4) is 0 Å². The number of carbonyl (C=O) groups excluding carboxylic acids is 1. The molecule has 0 radical (unpaired) electrons. The van der Waals surface area contributed by atoms with Gasteiger partial charge in [-0.25, -0.2) is 4.98 Å². The van der Waals surface area contributed by atoms with E-state index < -0.39 is 0 Å². The zero-order valence-corrected chi connectivity index (χ0v) is 17.4. The number of hydrogen-bond acceptors (Lipinski definition) is 3. The van der Waals surface area contributed by atoms with Gasteiger partial charge in [-0.3, -0.25) is 4.79 Å². The standard InChI is InChI=1S/C25H30N4O/c30-24(27-20-7-1-2-8-20)19-15-13-18(14-16-19)17-26-25-28-22-11-5-6-12-23(22)29(25)21-9-3-4-10-21/h5-6,11-16,20-21H,1-4,7-10,17H2,(H,26,28)(H,27,30). The fraction of sp³-hybridized carbons (Fsp3) is 0.440. The average Bonchev–Trinajstić information content (AvgIpc) is 3.53. The maximum Gasteiger partial charge on any atom is 0.251 e. The van der Waals surface area contributed by atoms with E-state index in [0.29, 0.717) is 18.6 Å². The molecule has 2 saturated carbocycles. The molecule has 1 heterocycles. The third-order valence-electron chi connectivity index (χ3n) is 6.64. The molecule has 2 aromatic carbocycles. The molecule has 2 aliphatic carbocycles. The van der Waals surface area contributed by atoms with Crippen LogP contribution in [0.2, 0.25) is 0 Å². The number of fused-ring (bicyclic) bond motifs is 1. The molecule has 0 unspecified atom stereocenters. The van der Waals surface area contributed by atoms with E-state index in [2.05, 4.69) is 33.4 Å². The van der Waals surface area contributed by atoms with Crippen molar-refractivity contribution in [2.24, 2.45) is 0 Å². The lowest BCUT2D eigenvalue weighted by molar-refractivity contribution is 0.0938. The molecule has 2 aliphatic rings. The molecule has 0 bridgehead atoms. The summed E-state index contributed by atoms with van der Waals surface area (Å²) in [6, 6.07) is 17.2. The number of anilines is 1. The summed E-state index contributed by atoms with van der Waals surface area (Å²) >= 11 is 0. The molecule has 3 aromatic rings. The van der Waals surface area contributed by atoms with Gasteiger partial charge >= 0.3 is 0 Å². The largest absolute Gasteiger partial charge is 0.352 e. The smallest absolute Gasteiger partial charge is 0.251 e. The van der Waals surface area contributed by atoms with Gasteiger partial charge in [0.15, 0.2) is 0 Å². The molecular weight excluding hydrogens is 372 g/mol. The van der Waals surface area contributed by atoms with E-state index in [4.69, 9.17) is 4.98 Å². The highest BCUT2D eigenvalue weighted by molar-refractivity contribution is 5.94. The van der Waals surface area contributed by atoms with Gasteiger partial charge in [-0.05, 0) is 55.5 Å². The molecule has 2 fully saturated rings. The number of rotatable bonds is 6. The van der Waals surface area contributed by atoms with E-state index in [1.807, 2.05) is 30.3 Å². The topological polar surface area (TPSA) is 59.0 Å². The Labute approximate surface area is 177 Å². The molecule has 0 spiro atoms. The Morgan fingerprint density at radius 1 is 0.933 bits per heavy atom. The summed E-state index contributed by atoms with van der Waals surface area (Å²) in [7, 11) is 0. The van der Waals surface area contributed by atoms with Crippen LogP contribution in [0.15, 0.2) is 48.5 Å². The van der Waals surface area contributed by atoms with Gasteiger partial charge in [-0.2, -0.15) is 0 Å². The summed E-state index contributed by atoms with van der Waals surface area (Å²) < 4.78 is 2.39. The predicted octanol–water partition coefficient (Wildman–Crippen LogP) is 5.44. The van der Waals surface area contributed by atoms with E-state index in [1.165, 1.54) is 44.0 Å². The summed E-state index contributed by atoms with van der Waals surface area (Å²) in [5, 5.41) is 6.71. The number of hydrogen-bond donors (Lipinski definition) is 2. The predicted molar refractivity (Wildman–Crippen MR) is 121 cm³/mol. The van der Waals surface area contributed by atoms with Crippen LogP contribution in [0.5, 0.6) is 0 Å². The number of benzene rings is 2. The van der Waals surface area contributed by atoms with Crippen molar-refractivity contribution in [2.75, 3.05) is 5.32 Å². The molecule has 5 nitrogen and oxygen atoms in total. The van der Waals surface area contributed by atoms with Crippen LogP contribution in [0, 0.1) is 0 Å². The van der Waals surface area contributed by atoms with E-state index >= 15 is 0 Å². The second-order valence-electron chi connectivity index (χ2n) is 8.74. The Kier molecular flexibility index (Phi) is 5.43. The number of nitrogens with one attached hydrogen (secondary N) is 2. The van der Waals surface area contributed by atoms with Crippen LogP contribution in [0.4, 0.5) is 5.95 Å². The lowest BCUT2D eigenvalue weighted by atomic mass is 10.1. The van der Waals surface area contributed by atoms with Crippen molar-refractivity contribution in [1.82, 2.24) is 14.9 Å². The molecule has 2 N–H and O–H groups in total. The quantitative estimate of drug-likeness (QED) is 0.577. The Bertz CT molecular complexity index is 1010. The Morgan fingerprint density at radius 2 is 1.63 bits per heavy atom. The summed E-state index contributed by atoms with van der Waals surface area (Å²) in [4.78, 5) is 17.3. The number of nitrogens with zero attached hydrogens (tertiary/aromatic N) is 2. The van der Waals surface area contributed by atoms with E-state index in [-0.39, 0.29) is 5.91 Å². The lowest BCUT2D eigenvalue weighted by Crippen LogP contribution is -2.32. The van der Waals surface area contributed by atoms with Crippen LogP contribution in [-0.2, 0) is 6.54 Å². The van der Waals surface area contributed by atoms with Crippen molar-refractivity contribution in [1.29, 1.82) is 0 Å². The van der Waals surface area contributed by atoms with Gasteiger partial charge in [-0.15, -0.1) is 0 Å². The normalized spacial score (nSPS) is 17.6. The molecule has 0 atom stereocenters. The molecule has 156 valence electrons. The minimum Gasteiger partial charge on any atom is -0.352 e. The zero-order valence-electron chi connectivity index (χ0n) is 17.4. The van der Waals surface area contributed by atoms with Gasteiger partial charge in [0.2, 0.25) is 5.95 Å². The van der Waals surface area contributed by atoms with E-state index in [1.54, 1.807) is 0 Å². The van der Waals surface area contributed by atoms with Gasteiger partial charge in [-0.1, -0.05) is 49.9 Å². The number of para-hydroxylation sites is 2. The van der Waals surface area contributed by atoms with Crippen LogP contribution in [-0.4, -0.2) is 21.5 Å². The van der Waals surface area contributed by atoms with E-state index in [0.717, 1.165) is 35.4 Å². The SMILES string of the molecule is O=C(NC1CCCC1)c1ccc(CNc2nc3ccccc3n2C2CCCC2)cc1. The summed E-state index contributed by atoms with van der Waals surface area (Å²) in [6.07, 6.45) is 9.69. The van der Waals surface area contributed by atoms with Crippen molar-refractivity contribution in [3.63, 3.8) is 0 Å². The molecular formula is C25H30N4O. The third kappa shape index (κ3) is 3.93. The highest BCUT2D eigenvalue weighted by Crippen LogP contribution is 2.35. The summed E-state index contributed by atoms with van der Waals surface area (Å²) in [6.45, 7) is 0.695. The zero-order chi connectivity index (χ0) is 20.3.